The lowest BCUT2D eigenvalue weighted by atomic mass is 10.2. The van der Waals surface area contributed by atoms with E-state index in [4.69, 9.17) is 9.47 Å². The van der Waals surface area contributed by atoms with Crippen LogP contribution in [0.4, 0.5) is 0 Å². The lowest BCUT2D eigenvalue weighted by Gasteiger charge is -2.31. The Labute approximate surface area is 89.8 Å². The molecule has 0 N–H and O–H groups in total. The molecule has 0 unspecified atom stereocenters. The van der Waals surface area contributed by atoms with Gasteiger partial charge in [-0.05, 0) is 13.1 Å². The third-order valence-corrected chi connectivity index (χ3v) is 2.58. The monoisotopic (exact) mass is 208 g/mol. The molecule has 0 spiro atoms. The molecule has 1 fully saturated rings. The van der Waals surface area contributed by atoms with Crippen LogP contribution in [0.2, 0.25) is 0 Å². The molecule has 1 saturated heterocycles. The summed E-state index contributed by atoms with van der Waals surface area (Å²) in [6.07, 6.45) is 1.73. The molecule has 0 bridgehead atoms. The Bertz CT molecular complexity index is 292. The van der Waals surface area contributed by atoms with Crippen LogP contribution in [0.5, 0.6) is 5.88 Å². The summed E-state index contributed by atoms with van der Waals surface area (Å²) < 4.78 is 11.0. The van der Waals surface area contributed by atoms with Crippen LogP contribution in [0.3, 0.4) is 0 Å². The van der Waals surface area contributed by atoms with Crippen LogP contribution in [-0.4, -0.2) is 49.3 Å². The van der Waals surface area contributed by atoms with E-state index in [0.717, 1.165) is 19.8 Å². The van der Waals surface area contributed by atoms with Crippen LogP contribution in [0, 0.1) is 0 Å². The SMILES string of the molecule is CN1CCOC[C@@H]1COc1ccccn1. The van der Waals surface area contributed by atoms with Gasteiger partial charge in [-0.25, -0.2) is 4.98 Å². The standard InChI is InChI=1S/C11H16N2O2/c1-13-6-7-14-8-10(13)9-15-11-4-2-3-5-12-11/h2-5,10H,6-9H2,1H3/t10-/m1/s1. The fourth-order valence-electron chi connectivity index (χ4n) is 1.53. The topological polar surface area (TPSA) is 34.6 Å². The molecule has 2 rings (SSSR count). The molecular formula is C11H16N2O2. The minimum Gasteiger partial charge on any atom is -0.476 e. The fourth-order valence-corrected chi connectivity index (χ4v) is 1.53. The van der Waals surface area contributed by atoms with Gasteiger partial charge < -0.3 is 9.47 Å². The molecule has 0 radical (unpaired) electrons. The van der Waals surface area contributed by atoms with Crippen molar-refractivity contribution in [2.24, 2.45) is 0 Å². The number of hydrogen-bond donors (Lipinski definition) is 0. The van der Waals surface area contributed by atoms with Crippen molar-refractivity contribution in [3.05, 3.63) is 24.4 Å². The Morgan fingerprint density at radius 2 is 2.53 bits per heavy atom. The van der Waals surface area contributed by atoms with Crippen molar-refractivity contribution < 1.29 is 9.47 Å². The van der Waals surface area contributed by atoms with E-state index >= 15 is 0 Å². The van der Waals surface area contributed by atoms with E-state index in [9.17, 15) is 0 Å². The van der Waals surface area contributed by atoms with Gasteiger partial charge in [0.05, 0.1) is 19.3 Å². The quantitative estimate of drug-likeness (QED) is 0.735. The zero-order valence-electron chi connectivity index (χ0n) is 8.93. The van der Waals surface area contributed by atoms with Crippen LogP contribution in [0.1, 0.15) is 0 Å². The van der Waals surface area contributed by atoms with Crippen molar-refractivity contribution in [3.8, 4) is 5.88 Å². The molecule has 1 atom stereocenters. The van der Waals surface area contributed by atoms with Crippen LogP contribution in [0.25, 0.3) is 0 Å². The number of morpholine rings is 1. The van der Waals surface area contributed by atoms with E-state index in [-0.39, 0.29) is 0 Å². The van der Waals surface area contributed by atoms with Gasteiger partial charge >= 0.3 is 0 Å². The Morgan fingerprint density at radius 1 is 1.60 bits per heavy atom. The Morgan fingerprint density at radius 3 is 3.27 bits per heavy atom. The summed E-state index contributed by atoms with van der Waals surface area (Å²) in [5.74, 6) is 0.677. The maximum Gasteiger partial charge on any atom is 0.213 e. The molecule has 0 saturated carbocycles. The zero-order valence-corrected chi connectivity index (χ0v) is 8.93. The molecule has 4 heteroatoms. The predicted molar refractivity (Wildman–Crippen MR) is 57.0 cm³/mol. The van der Waals surface area contributed by atoms with Crippen molar-refractivity contribution in [2.75, 3.05) is 33.4 Å². The second-order valence-electron chi connectivity index (χ2n) is 3.69. The summed E-state index contributed by atoms with van der Waals surface area (Å²) in [4.78, 5) is 6.36. The fraction of sp³-hybridized carbons (Fsp3) is 0.545. The largest absolute Gasteiger partial charge is 0.476 e. The number of rotatable bonds is 3. The van der Waals surface area contributed by atoms with E-state index in [0.29, 0.717) is 18.5 Å². The first-order chi connectivity index (χ1) is 7.36. The van der Waals surface area contributed by atoms with Crippen LogP contribution in [0.15, 0.2) is 24.4 Å². The summed E-state index contributed by atoms with van der Waals surface area (Å²) in [5.41, 5.74) is 0. The highest BCUT2D eigenvalue weighted by molar-refractivity contribution is 5.09. The highest BCUT2D eigenvalue weighted by atomic mass is 16.5. The van der Waals surface area contributed by atoms with Crippen molar-refractivity contribution >= 4 is 0 Å². The lowest BCUT2D eigenvalue weighted by molar-refractivity contribution is -0.0113. The van der Waals surface area contributed by atoms with E-state index in [1.807, 2.05) is 18.2 Å². The van der Waals surface area contributed by atoms with Crippen LogP contribution < -0.4 is 4.74 Å². The first-order valence-corrected chi connectivity index (χ1v) is 5.18. The molecule has 2 heterocycles. The second-order valence-corrected chi connectivity index (χ2v) is 3.69. The number of likely N-dealkylation sites (N-methyl/N-ethyl adjacent to an activating group) is 1. The molecule has 0 aromatic carbocycles. The normalized spacial score (nSPS) is 22.6. The molecule has 0 amide bonds. The highest BCUT2D eigenvalue weighted by Gasteiger charge is 2.19. The third-order valence-electron chi connectivity index (χ3n) is 2.58. The van der Waals surface area contributed by atoms with Crippen LogP contribution in [-0.2, 0) is 4.74 Å². The van der Waals surface area contributed by atoms with Gasteiger partial charge in [0.25, 0.3) is 0 Å². The van der Waals surface area contributed by atoms with Gasteiger partial charge in [-0.1, -0.05) is 6.07 Å². The maximum atomic E-state index is 5.58. The number of aromatic nitrogens is 1. The van der Waals surface area contributed by atoms with Crippen molar-refractivity contribution in [1.29, 1.82) is 0 Å². The Balaban J connectivity index is 1.82. The summed E-state index contributed by atoms with van der Waals surface area (Å²) in [6.45, 7) is 3.16. The summed E-state index contributed by atoms with van der Waals surface area (Å²) in [5, 5.41) is 0. The molecule has 15 heavy (non-hydrogen) atoms. The number of nitrogens with zero attached hydrogens (tertiary/aromatic N) is 2. The average molecular weight is 208 g/mol. The van der Waals surface area contributed by atoms with Gasteiger partial charge in [-0.2, -0.15) is 0 Å². The van der Waals surface area contributed by atoms with E-state index in [2.05, 4.69) is 16.9 Å². The smallest absolute Gasteiger partial charge is 0.213 e. The van der Waals surface area contributed by atoms with Gasteiger partial charge in [0.15, 0.2) is 0 Å². The maximum absolute atomic E-state index is 5.58. The van der Waals surface area contributed by atoms with Crippen molar-refractivity contribution in [1.82, 2.24) is 9.88 Å². The van der Waals surface area contributed by atoms with E-state index in [1.54, 1.807) is 6.20 Å². The summed E-state index contributed by atoms with van der Waals surface area (Å²) in [7, 11) is 2.09. The minimum absolute atomic E-state index is 0.334. The zero-order chi connectivity index (χ0) is 10.5. The van der Waals surface area contributed by atoms with Crippen molar-refractivity contribution in [3.63, 3.8) is 0 Å². The number of pyridine rings is 1. The molecule has 1 aromatic rings. The predicted octanol–water partition coefficient (Wildman–Crippen LogP) is 0.791. The van der Waals surface area contributed by atoms with Gasteiger partial charge in [0.1, 0.15) is 6.61 Å². The minimum atomic E-state index is 0.334. The molecular weight excluding hydrogens is 192 g/mol. The van der Waals surface area contributed by atoms with Gasteiger partial charge in [0.2, 0.25) is 5.88 Å². The molecule has 4 nitrogen and oxygen atoms in total. The summed E-state index contributed by atoms with van der Waals surface area (Å²) >= 11 is 0. The van der Waals surface area contributed by atoms with Gasteiger partial charge in [-0.3, -0.25) is 4.90 Å². The average Bonchev–Trinajstić information content (AvgIpc) is 2.29. The van der Waals surface area contributed by atoms with E-state index < -0.39 is 0 Å². The lowest BCUT2D eigenvalue weighted by Crippen LogP contribution is -2.46. The highest BCUT2D eigenvalue weighted by Crippen LogP contribution is 2.08. The molecule has 1 aromatic heterocycles. The summed E-state index contributed by atoms with van der Waals surface area (Å²) in [6, 6.07) is 6.00. The first-order valence-electron chi connectivity index (χ1n) is 5.18. The Kier molecular flexibility index (Phi) is 3.53. The van der Waals surface area contributed by atoms with Crippen LogP contribution >= 0.6 is 0 Å². The molecule has 0 aliphatic carbocycles. The molecule has 1 aliphatic rings. The first kappa shape index (κ1) is 10.4. The molecule has 82 valence electrons. The van der Waals surface area contributed by atoms with Gasteiger partial charge in [0, 0.05) is 18.8 Å². The number of hydrogen-bond acceptors (Lipinski definition) is 4. The van der Waals surface area contributed by atoms with Gasteiger partial charge in [-0.15, -0.1) is 0 Å². The van der Waals surface area contributed by atoms with Crippen molar-refractivity contribution in [2.45, 2.75) is 6.04 Å². The number of ether oxygens (including phenoxy) is 2. The Hall–Kier alpha value is -1.13. The molecule has 1 aliphatic heterocycles. The van der Waals surface area contributed by atoms with E-state index in [1.165, 1.54) is 0 Å². The second kappa shape index (κ2) is 5.09. The third kappa shape index (κ3) is 2.91.